The number of ether oxygens (including phenoxy) is 1. The number of anilines is 1. The molecule has 0 aliphatic rings. The number of benzene rings is 1. The molecule has 0 fully saturated rings. The van der Waals surface area contributed by atoms with Crippen LogP contribution in [0.25, 0.3) is 0 Å². The smallest absolute Gasteiger partial charge is 0.239 e. The molecule has 134 valence electrons. The number of likely N-dealkylation sites (N-methyl/N-ethyl adjacent to an activating group) is 2. The van der Waals surface area contributed by atoms with E-state index in [0.717, 1.165) is 6.54 Å². The lowest BCUT2D eigenvalue weighted by atomic mass is 10.3. The molecule has 0 aliphatic carbocycles. The molecule has 6 nitrogen and oxygen atoms in total. The van der Waals surface area contributed by atoms with Crippen molar-refractivity contribution in [3.8, 4) is 11.6 Å². The number of nitrogens with zero attached hydrogens (tertiary/aromatic N) is 4. The number of amides is 1. The Labute approximate surface area is 147 Å². The normalized spacial score (nSPS) is 10.4. The minimum atomic E-state index is -0.324. The zero-order valence-corrected chi connectivity index (χ0v) is 14.8. The molecule has 0 unspecified atom stereocenters. The Bertz CT molecular complexity index is 694. The first kappa shape index (κ1) is 18.6. The average Bonchev–Trinajstić information content (AvgIpc) is 2.61. The van der Waals surface area contributed by atoms with E-state index in [4.69, 9.17) is 4.74 Å². The maximum atomic E-state index is 13.0. The zero-order valence-electron chi connectivity index (χ0n) is 14.8. The van der Waals surface area contributed by atoms with Crippen LogP contribution in [0, 0.1) is 5.82 Å². The third kappa shape index (κ3) is 5.41. The van der Waals surface area contributed by atoms with E-state index < -0.39 is 0 Å². The highest BCUT2D eigenvalue weighted by Crippen LogP contribution is 2.21. The lowest BCUT2D eigenvalue weighted by Gasteiger charge is -2.26. The Hall–Kier alpha value is -2.70. The molecule has 1 aromatic carbocycles. The second kappa shape index (κ2) is 8.96. The molecule has 2 rings (SSSR count). The monoisotopic (exact) mass is 346 g/mol. The number of aromatic nitrogens is 2. The Morgan fingerprint density at radius 1 is 1.12 bits per heavy atom. The van der Waals surface area contributed by atoms with Gasteiger partial charge in [-0.25, -0.2) is 4.39 Å². The fourth-order valence-electron chi connectivity index (χ4n) is 2.38. The van der Waals surface area contributed by atoms with E-state index in [-0.39, 0.29) is 11.7 Å². The number of carbonyl (C=O) groups excluding carboxylic acids is 1. The third-order valence-corrected chi connectivity index (χ3v) is 3.81. The van der Waals surface area contributed by atoms with Crippen LogP contribution in [0.4, 0.5) is 10.2 Å². The molecule has 0 spiro atoms. The lowest BCUT2D eigenvalue weighted by molar-refractivity contribution is -0.128. The van der Waals surface area contributed by atoms with Crippen LogP contribution in [0.1, 0.15) is 20.8 Å². The average molecular weight is 346 g/mol. The Morgan fingerprint density at radius 2 is 1.84 bits per heavy atom. The number of hydrogen-bond acceptors (Lipinski definition) is 5. The Balaban J connectivity index is 2.06. The Kier molecular flexibility index (Phi) is 6.68. The molecule has 0 atom stereocenters. The van der Waals surface area contributed by atoms with Crippen LogP contribution in [0.3, 0.4) is 0 Å². The molecule has 2 aromatic rings. The molecule has 25 heavy (non-hydrogen) atoms. The second-order valence-corrected chi connectivity index (χ2v) is 5.45. The van der Waals surface area contributed by atoms with E-state index >= 15 is 0 Å². The van der Waals surface area contributed by atoms with E-state index in [1.54, 1.807) is 18.0 Å². The maximum absolute atomic E-state index is 13.0. The summed E-state index contributed by atoms with van der Waals surface area (Å²) in [5, 5.41) is 0. The third-order valence-electron chi connectivity index (χ3n) is 3.81. The van der Waals surface area contributed by atoms with Crippen LogP contribution in [0.5, 0.6) is 11.6 Å². The van der Waals surface area contributed by atoms with E-state index in [1.165, 1.54) is 30.5 Å². The van der Waals surface area contributed by atoms with Gasteiger partial charge in [0, 0.05) is 33.1 Å². The van der Waals surface area contributed by atoms with Gasteiger partial charge in [-0.15, -0.1) is 0 Å². The summed E-state index contributed by atoms with van der Waals surface area (Å²) in [5.41, 5.74) is 0. The summed E-state index contributed by atoms with van der Waals surface area (Å²) < 4.78 is 18.6. The number of carbonyl (C=O) groups is 1. The first-order valence-corrected chi connectivity index (χ1v) is 8.29. The first-order chi connectivity index (χ1) is 12.0. The number of halogens is 1. The molecule has 0 bridgehead atoms. The zero-order chi connectivity index (χ0) is 18.2. The molecular weight excluding hydrogens is 323 g/mol. The topological polar surface area (TPSA) is 58.6 Å². The van der Waals surface area contributed by atoms with Gasteiger partial charge < -0.3 is 14.5 Å². The largest absolute Gasteiger partial charge is 0.437 e. The van der Waals surface area contributed by atoms with Crippen LogP contribution >= 0.6 is 0 Å². The summed E-state index contributed by atoms with van der Waals surface area (Å²) in [4.78, 5) is 23.9. The summed E-state index contributed by atoms with van der Waals surface area (Å²) in [6.07, 6.45) is 3.17. The molecule has 0 saturated heterocycles. The molecule has 1 amide bonds. The lowest BCUT2D eigenvalue weighted by Crippen LogP contribution is -2.37. The number of hydrogen-bond donors (Lipinski definition) is 0. The van der Waals surface area contributed by atoms with Crippen molar-refractivity contribution in [2.45, 2.75) is 20.8 Å². The van der Waals surface area contributed by atoms with E-state index in [9.17, 15) is 9.18 Å². The van der Waals surface area contributed by atoms with Gasteiger partial charge in [0.25, 0.3) is 0 Å². The van der Waals surface area contributed by atoms with Gasteiger partial charge in [0.15, 0.2) is 5.82 Å². The highest BCUT2D eigenvalue weighted by Gasteiger charge is 2.12. The van der Waals surface area contributed by atoms with Crippen molar-refractivity contribution < 1.29 is 13.9 Å². The molecule has 1 heterocycles. The Morgan fingerprint density at radius 3 is 2.44 bits per heavy atom. The van der Waals surface area contributed by atoms with E-state index in [0.29, 0.717) is 37.1 Å². The second-order valence-electron chi connectivity index (χ2n) is 5.45. The molecule has 0 N–H and O–H groups in total. The van der Waals surface area contributed by atoms with Gasteiger partial charge in [0.1, 0.15) is 11.6 Å². The van der Waals surface area contributed by atoms with Crippen molar-refractivity contribution in [1.82, 2.24) is 14.9 Å². The summed E-state index contributed by atoms with van der Waals surface area (Å²) in [6, 6.07) is 5.72. The molecule has 7 heteroatoms. The highest BCUT2D eigenvalue weighted by atomic mass is 19.1. The minimum absolute atomic E-state index is 0.0537. The van der Waals surface area contributed by atoms with Crippen molar-refractivity contribution in [3.05, 3.63) is 42.5 Å². The molecule has 1 aromatic heterocycles. The van der Waals surface area contributed by atoms with Gasteiger partial charge in [0.05, 0.1) is 12.4 Å². The van der Waals surface area contributed by atoms with Crippen LogP contribution < -0.4 is 9.64 Å². The molecule has 0 saturated carbocycles. The van der Waals surface area contributed by atoms with Gasteiger partial charge >= 0.3 is 0 Å². The molecule has 0 aliphatic heterocycles. The van der Waals surface area contributed by atoms with Crippen LogP contribution in [-0.4, -0.2) is 47.0 Å². The van der Waals surface area contributed by atoms with Gasteiger partial charge in [-0.2, -0.15) is 4.98 Å². The van der Waals surface area contributed by atoms with Gasteiger partial charge in [-0.1, -0.05) is 0 Å². The van der Waals surface area contributed by atoms with Crippen molar-refractivity contribution >= 4 is 11.7 Å². The minimum Gasteiger partial charge on any atom is -0.437 e. The standard InChI is InChI=1S/C18H23FN4O2/c1-4-22(14(3)24)10-11-23(5-2)17-12-20-13-18(21-17)25-16-8-6-15(19)7-9-16/h6-9,12-13H,4-5,10-11H2,1-3H3. The molecule has 0 radical (unpaired) electrons. The predicted octanol–water partition coefficient (Wildman–Crippen LogP) is 3.10. The van der Waals surface area contributed by atoms with Crippen molar-refractivity contribution in [1.29, 1.82) is 0 Å². The quantitative estimate of drug-likeness (QED) is 0.735. The molecular formula is C18H23FN4O2. The summed E-state index contributed by atoms with van der Waals surface area (Å²) in [6.45, 7) is 8.20. The summed E-state index contributed by atoms with van der Waals surface area (Å²) in [5.74, 6) is 1.22. The highest BCUT2D eigenvalue weighted by molar-refractivity contribution is 5.73. The van der Waals surface area contributed by atoms with Gasteiger partial charge in [-0.3, -0.25) is 9.78 Å². The van der Waals surface area contributed by atoms with Gasteiger partial charge in [0.2, 0.25) is 11.8 Å². The van der Waals surface area contributed by atoms with Crippen LogP contribution in [0.15, 0.2) is 36.7 Å². The maximum Gasteiger partial charge on any atom is 0.239 e. The van der Waals surface area contributed by atoms with E-state index in [2.05, 4.69) is 9.97 Å². The summed E-state index contributed by atoms with van der Waals surface area (Å²) in [7, 11) is 0. The van der Waals surface area contributed by atoms with Crippen LogP contribution in [-0.2, 0) is 4.79 Å². The van der Waals surface area contributed by atoms with Crippen molar-refractivity contribution in [3.63, 3.8) is 0 Å². The SMILES string of the molecule is CCN(CCN(CC)c1cncc(Oc2ccc(F)cc2)n1)C(C)=O. The predicted molar refractivity (Wildman–Crippen MR) is 94.3 cm³/mol. The van der Waals surface area contributed by atoms with Crippen molar-refractivity contribution in [2.75, 3.05) is 31.1 Å². The number of rotatable bonds is 8. The van der Waals surface area contributed by atoms with Crippen LogP contribution in [0.2, 0.25) is 0 Å². The fourth-order valence-corrected chi connectivity index (χ4v) is 2.38. The van der Waals surface area contributed by atoms with Gasteiger partial charge in [-0.05, 0) is 38.1 Å². The fraction of sp³-hybridized carbons (Fsp3) is 0.389. The summed E-state index contributed by atoms with van der Waals surface area (Å²) >= 11 is 0. The first-order valence-electron chi connectivity index (χ1n) is 8.29. The van der Waals surface area contributed by atoms with Crippen molar-refractivity contribution in [2.24, 2.45) is 0 Å². The van der Waals surface area contributed by atoms with E-state index in [1.807, 2.05) is 18.7 Å².